The fraction of sp³-hybridized carbons (Fsp3) is 0.111. The first-order chi connectivity index (χ1) is 11.2. The molecule has 114 valence electrons. The van der Waals surface area contributed by atoms with Gasteiger partial charge in [-0.1, -0.05) is 30.3 Å². The maximum absolute atomic E-state index is 11.9. The van der Waals surface area contributed by atoms with E-state index in [2.05, 4.69) is 16.4 Å². The Labute approximate surface area is 132 Å². The van der Waals surface area contributed by atoms with Crippen molar-refractivity contribution >= 4 is 28.5 Å². The van der Waals surface area contributed by atoms with Crippen LogP contribution in [0.5, 0.6) is 0 Å². The van der Waals surface area contributed by atoms with Crippen molar-refractivity contribution < 1.29 is 9.59 Å². The minimum Gasteiger partial charge on any atom is -0.361 e. The maximum Gasteiger partial charge on any atom is 0.328 e. The lowest BCUT2D eigenvalue weighted by atomic mass is 10.0. The Kier molecular flexibility index (Phi) is 3.12. The van der Waals surface area contributed by atoms with Crippen LogP contribution >= 0.6 is 0 Å². The van der Waals surface area contributed by atoms with Crippen LogP contribution in [0.3, 0.4) is 0 Å². The molecule has 1 fully saturated rings. The molecule has 2 aromatic carbocycles. The van der Waals surface area contributed by atoms with Crippen LogP contribution in [0.1, 0.15) is 6.42 Å². The van der Waals surface area contributed by atoms with E-state index >= 15 is 0 Å². The Balaban J connectivity index is 1.66. The number of fused-ring (bicyclic) bond motifs is 1. The van der Waals surface area contributed by atoms with Crippen LogP contribution in [0.2, 0.25) is 0 Å². The van der Waals surface area contributed by atoms with E-state index in [4.69, 9.17) is 0 Å². The number of H-pyrrole nitrogens is 1. The fourth-order valence-electron chi connectivity index (χ4n) is 2.94. The first-order valence-corrected chi connectivity index (χ1v) is 7.50. The van der Waals surface area contributed by atoms with Gasteiger partial charge in [0, 0.05) is 41.3 Å². The molecular weight excluding hydrogens is 290 g/mol. The van der Waals surface area contributed by atoms with Crippen molar-refractivity contribution in [1.82, 2.24) is 10.3 Å². The van der Waals surface area contributed by atoms with Crippen LogP contribution in [-0.4, -0.2) is 23.5 Å². The molecule has 0 saturated carbocycles. The summed E-state index contributed by atoms with van der Waals surface area (Å²) in [6.07, 6.45) is 2.32. The fourth-order valence-corrected chi connectivity index (χ4v) is 2.94. The third-order valence-corrected chi connectivity index (χ3v) is 4.13. The molecule has 0 radical (unpaired) electrons. The van der Waals surface area contributed by atoms with Gasteiger partial charge in [-0.15, -0.1) is 0 Å². The number of aromatic amines is 1. The molecule has 1 aliphatic rings. The van der Waals surface area contributed by atoms with Crippen molar-refractivity contribution in [1.29, 1.82) is 0 Å². The summed E-state index contributed by atoms with van der Waals surface area (Å²) in [5.74, 6) is -0.221. The molecule has 0 bridgehead atoms. The first kappa shape index (κ1) is 13.6. The number of hydrogen-bond acceptors (Lipinski definition) is 2. The zero-order valence-electron chi connectivity index (χ0n) is 12.4. The summed E-state index contributed by atoms with van der Waals surface area (Å²) in [6, 6.07) is 15.6. The maximum atomic E-state index is 11.9. The van der Waals surface area contributed by atoms with Crippen LogP contribution in [0, 0.1) is 0 Å². The molecule has 2 heterocycles. The summed E-state index contributed by atoms with van der Waals surface area (Å²) < 4.78 is 0. The Bertz CT molecular complexity index is 896. The van der Waals surface area contributed by atoms with Crippen LogP contribution in [0.15, 0.2) is 54.7 Å². The number of benzene rings is 2. The Morgan fingerprint density at radius 2 is 1.74 bits per heavy atom. The molecule has 0 atom stereocenters. The van der Waals surface area contributed by atoms with Gasteiger partial charge in [0.15, 0.2) is 0 Å². The van der Waals surface area contributed by atoms with Gasteiger partial charge in [-0.3, -0.25) is 15.0 Å². The quantitative estimate of drug-likeness (QED) is 0.763. The summed E-state index contributed by atoms with van der Waals surface area (Å²) >= 11 is 0. The summed E-state index contributed by atoms with van der Waals surface area (Å²) in [6.45, 7) is 0.414. The van der Waals surface area contributed by atoms with E-state index in [1.807, 2.05) is 48.7 Å². The minimum atomic E-state index is -0.360. The van der Waals surface area contributed by atoms with E-state index in [0.29, 0.717) is 13.0 Å². The van der Waals surface area contributed by atoms with Crippen molar-refractivity contribution in [2.75, 3.05) is 11.4 Å². The SMILES string of the molecule is O=C1CCN(c2ccc(-c3c[nH]c4ccccc34)cc2)C(=O)N1. The van der Waals surface area contributed by atoms with Crippen molar-refractivity contribution in [3.63, 3.8) is 0 Å². The third kappa shape index (κ3) is 2.36. The number of carbonyl (C=O) groups excluding carboxylic acids is 2. The lowest BCUT2D eigenvalue weighted by Gasteiger charge is -2.26. The summed E-state index contributed by atoms with van der Waals surface area (Å²) in [4.78, 5) is 28.0. The van der Waals surface area contributed by atoms with E-state index in [1.54, 1.807) is 4.90 Å². The average Bonchev–Trinajstić information content (AvgIpc) is 2.99. The van der Waals surface area contributed by atoms with Crippen LogP contribution in [-0.2, 0) is 4.79 Å². The lowest BCUT2D eigenvalue weighted by Crippen LogP contribution is -2.49. The Hall–Kier alpha value is -3.08. The van der Waals surface area contributed by atoms with E-state index in [0.717, 1.165) is 22.3 Å². The standard InChI is InChI=1S/C18H15N3O2/c22-17-9-10-21(18(23)20-17)13-7-5-12(6-8-13)15-11-19-16-4-2-1-3-14(15)16/h1-8,11,19H,9-10H2,(H,20,22,23). The highest BCUT2D eigenvalue weighted by Crippen LogP contribution is 2.30. The number of carbonyl (C=O) groups is 2. The zero-order chi connectivity index (χ0) is 15.8. The lowest BCUT2D eigenvalue weighted by molar-refractivity contribution is -0.120. The molecule has 0 unspecified atom stereocenters. The van der Waals surface area contributed by atoms with Gasteiger partial charge in [0.1, 0.15) is 0 Å². The number of aromatic nitrogens is 1. The van der Waals surface area contributed by atoms with Crippen LogP contribution < -0.4 is 10.2 Å². The van der Waals surface area contributed by atoms with E-state index in [9.17, 15) is 9.59 Å². The Morgan fingerprint density at radius 1 is 0.957 bits per heavy atom. The van der Waals surface area contributed by atoms with Gasteiger partial charge in [0.25, 0.3) is 0 Å². The second kappa shape index (κ2) is 5.28. The van der Waals surface area contributed by atoms with Gasteiger partial charge < -0.3 is 4.98 Å². The van der Waals surface area contributed by atoms with Gasteiger partial charge in [-0.05, 0) is 23.8 Å². The number of imide groups is 1. The van der Waals surface area contributed by atoms with E-state index in [1.165, 1.54) is 5.39 Å². The van der Waals surface area contributed by atoms with E-state index < -0.39 is 0 Å². The topological polar surface area (TPSA) is 65.2 Å². The third-order valence-electron chi connectivity index (χ3n) is 4.13. The molecule has 5 heteroatoms. The summed E-state index contributed by atoms with van der Waals surface area (Å²) in [5, 5.41) is 3.51. The first-order valence-electron chi connectivity index (χ1n) is 7.50. The van der Waals surface area contributed by atoms with Crippen molar-refractivity contribution in [2.45, 2.75) is 6.42 Å². The van der Waals surface area contributed by atoms with Gasteiger partial charge >= 0.3 is 6.03 Å². The highest BCUT2D eigenvalue weighted by molar-refractivity contribution is 6.05. The van der Waals surface area contributed by atoms with Crippen LogP contribution in [0.4, 0.5) is 10.5 Å². The molecule has 23 heavy (non-hydrogen) atoms. The minimum absolute atomic E-state index is 0.221. The number of anilines is 1. The molecule has 5 nitrogen and oxygen atoms in total. The monoisotopic (exact) mass is 305 g/mol. The average molecular weight is 305 g/mol. The van der Waals surface area contributed by atoms with Gasteiger partial charge in [0.2, 0.25) is 5.91 Å². The second-order valence-electron chi connectivity index (χ2n) is 5.55. The van der Waals surface area contributed by atoms with Gasteiger partial charge in [-0.2, -0.15) is 0 Å². The number of urea groups is 1. The summed E-state index contributed by atoms with van der Waals surface area (Å²) in [5.41, 5.74) is 4.10. The largest absolute Gasteiger partial charge is 0.361 e. The van der Waals surface area contributed by atoms with E-state index in [-0.39, 0.29) is 11.9 Å². The second-order valence-corrected chi connectivity index (χ2v) is 5.55. The van der Waals surface area contributed by atoms with Crippen molar-refractivity contribution in [3.05, 3.63) is 54.7 Å². The normalized spacial score (nSPS) is 15.0. The number of rotatable bonds is 2. The number of nitrogens with one attached hydrogen (secondary N) is 2. The van der Waals surface area contributed by atoms with Crippen LogP contribution in [0.25, 0.3) is 22.0 Å². The molecule has 3 aromatic rings. The van der Waals surface area contributed by atoms with Crippen molar-refractivity contribution in [2.24, 2.45) is 0 Å². The molecule has 1 saturated heterocycles. The number of nitrogens with zero attached hydrogens (tertiary/aromatic N) is 1. The molecule has 1 aromatic heterocycles. The highest BCUT2D eigenvalue weighted by Gasteiger charge is 2.24. The Morgan fingerprint density at radius 3 is 2.52 bits per heavy atom. The molecule has 0 aliphatic carbocycles. The number of amides is 3. The smallest absolute Gasteiger partial charge is 0.328 e. The predicted octanol–water partition coefficient (Wildman–Crippen LogP) is 3.28. The molecule has 1 aliphatic heterocycles. The number of para-hydroxylation sites is 1. The highest BCUT2D eigenvalue weighted by atomic mass is 16.2. The molecular formula is C18H15N3O2. The molecule has 0 spiro atoms. The summed E-state index contributed by atoms with van der Waals surface area (Å²) in [7, 11) is 0. The number of hydrogen-bond donors (Lipinski definition) is 2. The van der Waals surface area contributed by atoms with Gasteiger partial charge in [-0.25, -0.2) is 4.79 Å². The zero-order valence-corrected chi connectivity index (χ0v) is 12.4. The molecule has 3 amide bonds. The molecule has 2 N–H and O–H groups in total. The van der Waals surface area contributed by atoms with Gasteiger partial charge in [0.05, 0.1) is 0 Å². The van der Waals surface area contributed by atoms with Crippen molar-refractivity contribution in [3.8, 4) is 11.1 Å². The molecule has 4 rings (SSSR count). The predicted molar refractivity (Wildman–Crippen MR) is 89.2 cm³/mol.